The lowest BCUT2D eigenvalue weighted by Crippen LogP contribution is -2.09. The first-order valence-electron chi connectivity index (χ1n) is 8.24. The van der Waals surface area contributed by atoms with Gasteiger partial charge in [-0.2, -0.15) is 0 Å². The first-order chi connectivity index (χ1) is 12.6. The molecule has 0 bridgehead atoms. The zero-order valence-electron chi connectivity index (χ0n) is 14.9. The number of aromatic nitrogens is 1. The van der Waals surface area contributed by atoms with E-state index in [0.29, 0.717) is 29.0 Å². The van der Waals surface area contributed by atoms with E-state index in [2.05, 4.69) is 10.3 Å². The molecule has 0 aliphatic carbocycles. The zero-order valence-corrected chi connectivity index (χ0v) is 16.5. The topological polar surface area (TPSA) is 60.5 Å². The van der Waals surface area contributed by atoms with Gasteiger partial charge in [0.1, 0.15) is 6.61 Å². The summed E-state index contributed by atoms with van der Waals surface area (Å²) in [6, 6.07) is 9.41. The fraction of sp³-hybridized carbons (Fsp3) is 0.263. The Labute approximate surface area is 160 Å². The molecule has 5 nitrogen and oxygen atoms in total. The monoisotopic (exact) mass is 388 g/mol. The summed E-state index contributed by atoms with van der Waals surface area (Å²) in [6.07, 6.45) is 0. The molecule has 3 aromatic rings. The second kappa shape index (κ2) is 8.33. The maximum Gasteiger partial charge on any atom is 0.267 e. The number of para-hydroxylation sites is 2. The van der Waals surface area contributed by atoms with Crippen molar-refractivity contribution in [3.63, 3.8) is 0 Å². The van der Waals surface area contributed by atoms with E-state index >= 15 is 0 Å². The zero-order chi connectivity index (χ0) is 18.5. The predicted molar refractivity (Wildman–Crippen MR) is 106 cm³/mol. The van der Waals surface area contributed by atoms with Gasteiger partial charge in [-0.3, -0.25) is 10.1 Å². The molecule has 0 saturated carbocycles. The van der Waals surface area contributed by atoms with E-state index in [1.54, 1.807) is 0 Å². The number of ether oxygens (including phenoxy) is 2. The molecule has 1 aromatic carbocycles. The normalized spacial score (nSPS) is 10.6. The number of carbonyl (C=O) groups is 1. The number of amides is 1. The van der Waals surface area contributed by atoms with Gasteiger partial charge in [-0.1, -0.05) is 12.1 Å². The van der Waals surface area contributed by atoms with Gasteiger partial charge in [0, 0.05) is 10.4 Å². The molecule has 0 atom stereocenters. The van der Waals surface area contributed by atoms with Gasteiger partial charge in [-0.05, 0) is 44.4 Å². The van der Waals surface area contributed by atoms with Crippen LogP contribution in [0.5, 0.6) is 11.5 Å². The number of benzene rings is 1. The van der Waals surface area contributed by atoms with Crippen molar-refractivity contribution in [3.05, 3.63) is 56.7 Å². The van der Waals surface area contributed by atoms with Crippen LogP contribution in [0.15, 0.2) is 35.7 Å². The van der Waals surface area contributed by atoms with Gasteiger partial charge in [0.2, 0.25) is 0 Å². The Morgan fingerprint density at radius 2 is 1.92 bits per heavy atom. The quantitative estimate of drug-likeness (QED) is 0.615. The van der Waals surface area contributed by atoms with Gasteiger partial charge in [0.15, 0.2) is 16.6 Å². The molecule has 0 radical (unpaired) electrons. The minimum atomic E-state index is -0.148. The van der Waals surface area contributed by atoms with Crippen LogP contribution < -0.4 is 14.8 Å². The van der Waals surface area contributed by atoms with E-state index in [0.717, 1.165) is 21.9 Å². The van der Waals surface area contributed by atoms with Crippen molar-refractivity contribution < 1.29 is 14.3 Å². The molecule has 3 rings (SSSR count). The highest BCUT2D eigenvalue weighted by atomic mass is 32.1. The molecule has 0 saturated heterocycles. The Hall–Kier alpha value is -2.38. The highest BCUT2D eigenvalue weighted by Gasteiger charge is 2.13. The third-order valence-corrected chi connectivity index (χ3v) is 5.64. The minimum Gasteiger partial charge on any atom is -0.490 e. The number of aryl methyl sites for hydroxylation is 2. The number of hydrogen-bond donors (Lipinski definition) is 1. The average Bonchev–Trinajstić information content (AvgIpc) is 3.21. The Morgan fingerprint density at radius 1 is 1.19 bits per heavy atom. The molecular formula is C19H20N2O3S2. The van der Waals surface area contributed by atoms with E-state index in [-0.39, 0.29) is 5.91 Å². The standard InChI is InChI=1S/C19H20N2O3S2/c1-4-23-15-7-5-6-8-16(15)24-10-14-9-17(25-11-14)18(22)21-19-20-12(2)13(3)26-19/h5-9,11H,4,10H2,1-3H3,(H,20,21,22). The molecule has 0 spiro atoms. The van der Waals surface area contributed by atoms with Crippen LogP contribution in [-0.2, 0) is 6.61 Å². The maximum absolute atomic E-state index is 12.4. The van der Waals surface area contributed by atoms with E-state index in [4.69, 9.17) is 9.47 Å². The lowest BCUT2D eigenvalue weighted by Gasteiger charge is -2.10. The van der Waals surface area contributed by atoms with Crippen LogP contribution in [0.4, 0.5) is 5.13 Å². The van der Waals surface area contributed by atoms with Crippen molar-refractivity contribution in [3.8, 4) is 11.5 Å². The Bertz CT molecular complexity index is 882. The molecule has 1 N–H and O–H groups in total. The lowest BCUT2D eigenvalue weighted by molar-refractivity contribution is 0.103. The van der Waals surface area contributed by atoms with Crippen molar-refractivity contribution >= 4 is 33.7 Å². The number of thiophene rings is 1. The van der Waals surface area contributed by atoms with Crippen molar-refractivity contribution in [2.45, 2.75) is 27.4 Å². The van der Waals surface area contributed by atoms with Gasteiger partial charge >= 0.3 is 0 Å². The Kier molecular flexibility index (Phi) is 5.90. The van der Waals surface area contributed by atoms with Crippen LogP contribution >= 0.6 is 22.7 Å². The van der Waals surface area contributed by atoms with Gasteiger partial charge in [-0.15, -0.1) is 22.7 Å². The summed E-state index contributed by atoms with van der Waals surface area (Å²) in [4.78, 5) is 18.4. The van der Waals surface area contributed by atoms with Crippen LogP contribution in [-0.4, -0.2) is 17.5 Å². The average molecular weight is 389 g/mol. The van der Waals surface area contributed by atoms with Crippen molar-refractivity contribution in [2.24, 2.45) is 0 Å². The van der Waals surface area contributed by atoms with Gasteiger partial charge in [-0.25, -0.2) is 4.98 Å². The van der Waals surface area contributed by atoms with E-state index in [9.17, 15) is 4.79 Å². The number of anilines is 1. The summed E-state index contributed by atoms with van der Waals surface area (Å²) in [6.45, 7) is 6.82. The first-order valence-corrected chi connectivity index (χ1v) is 9.94. The molecule has 1 amide bonds. The molecular weight excluding hydrogens is 368 g/mol. The second-order valence-corrected chi connectivity index (χ2v) is 7.72. The molecule has 2 aromatic heterocycles. The van der Waals surface area contributed by atoms with Crippen LogP contribution in [0, 0.1) is 13.8 Å². The third-order valence-electron chi connectivity index (χ3n) is 3.67. The van der Waals surface area contributed by atoms with E-state index < -0.39 is 0 Å². The fourth-order valence-corrected chi connectivity index (χ4v) is 3.86. The number of thiazole rings is 1. The maximum atomic E-state index is 12.4. The summed E-state index contributed by atoms with van der Waals surface area (Å²) in [5, 5.41) is 5.40. The predicted octanol–water partition coefficient (Wildman–Crippen LogP) is 5.05. The molecule has 0 fully saturated rings. The van der Waals surface area contributed by atoms with Crippen molar-refractivity contribution in [1.29, 1.82) is 0 Å². The first kappa shape index (κ1) is 18.4. The molecule has 0 unspecified atom stereocenters. The molecule has 26 heavy (non-hydrogen) atoms. The van der Waals surface area contributed by atoms with Gasteiger partial charge in [0.25, 0.3) is 5.91 Å². The highest BCUT2D eigenvalue weighted by Crippen LogP contribution is 2.28. The van der Waals surface area contributed by atoms with Crippen LogP contribution in [0.1, 0.15) is 32.7 Å². The molecule has 7 heteroatoms. The Balaban J connectivity index is 1.62. The summed E-state index contributed by atoms with van der Waals surface area (Å²) in [5.74, 6) is 1.27. The molecule has 2 heterocycles. The molecule has 0 aliphatic heterocycles. The minimum absolute atomic E-state index is 0.148. The third kappa shape index (κ3) is 4.42. The number of nitrogens with zero attached hydrogens (tertiary/aromatic N) is 1. The van der Waals surface area contributed by atoms with E-state index in [1.807, 2.05) is 56.5 Å². The highest BCUT2D eigenvalue weighted by molar-refractivity contribution is 7.16. The smallest absolute Gasteiger partial charge is 0.267 e. The Morgan fingerprint density at radius 3 is 2.58 bits per heavy atom. The van der Waals surface area contributed by atoms with Crippen molar-refractivity contribution in [1.82, 2.24) is 4.98 Å². The van der Waals surface area contributed by atoms with Gasteiger partial charge < -0.3 is 9.47 Å². The largest absolute Gasteiger partial charge is 0.490 e. The second-order valence-electron chi connectivity index (χ2n) is 5.60. The summed E-state index contributed by atoms with van der Waals surface area (Å²) < 4.78 is 11.4. The number of hydrogen-bond acceptors (Lipinski definition) is 6. The number of rotatable bonds is 7. The number of nitrogens with one attached hydrogen (secondary N) is 1. The van der Waals surface area contributed by atoms with E-state index in [1.165, 1.54) is 22.7 Å². The lowest BCUT2D eigenvalue weighted by atomic mass is 10.3. The molecule has 136 valence electrons. The fourth-order valence-electron chi connectivity index (χ4n) is 2.26. The van der Waals surface area contributed by atoms with Crippen LogP contribution in [0.25, 0.3) is 0 Å². The summed E-state index contributed by atoms with van der Waals surface area (Å²) in [7, 11) is 0. The van der Waals surface area contributed by atoms with Crippen molar-refractivity contribution in [2.75, 3.05) is 11.9 Å². The summed E-state index contributed by atoms with van der Waals surface area (Å²) in [5.41, 5.74) is 1.89. The molecule has 0 aliphatic rings. The van der Waals surface area contributed by atoms with Gasteiger partial charge in [0.05, 0.1) is 17.2 Å². The summed E-state index contributed by atoms with van der Waals surface area (Å²) >= 11 is 2.87. The SMILES string of the molecule is CCOc1ccccc1OCc1csc(C(=O)Nc2nc(C)c(C)s2)c1. The van der Waals surface area contributed by atoms with Crippen LogP contribution in [0.3, 0.4) is 0 Å². The number of carbonyl (C=O) groups excluding carboxylic acids is 1. The van der Waals surface area contributed by atoms with Crippen LogP contribution in [0.2, 0.25) is 0 Å².